The molecule has 50 heavy (non-hydrogen) atoms. The van der Waals surface area contributed by atoms with Crippen molar-refractivity contribution in [2.45, 2.75) is 103 Å². The molecule has 3 amide bonds. The third-order valence-electron chi connectivity index (χ3n) is 10.6. The quantitative estimate of drug-likeness (QED) is 0.109. The van der Waals surface area contributed by atoms with Gasteiger partial charge in [0.2, 0.25) is 17.7 Å². The number of ether oxygens (including phenoxy) is 1. The number of rotatable bonds is 17. The number of likely N-dealkylation sites (tertiary alicyclic amines) is 1. The second-order valence-electron chi connectivity index (χ2n) is 14.5. The standard InChI is InChI=1S/C39H57N5O6/c1-5-29(26(2)3)22-35(45)33(21-28-14-10-7-11-15-28)42-37(47)34(23-31-24-40-25-41-31)43-36(46)30-16-18-44(19-17-30)38(48)32(39(49)50-4)20-27-12-8-6-9-13-27/h5-6,8-9,12-13,24-26,28-30,32-35,45H,1,7,10-11,14-23H2,2-4H3,(H,40,41)(H,42,47)(H,43,46)/t29-,32?,33-,34-,35-/m0/s1. The summed E-state index contributed by atoms with van der Waals surface area (Å²) in [6, 6.07) is 8.00. The van der Waals surface area contributed by atoms with Crippen LogP contribution < -0.4 is 10.6 Å². The highest BCUT2D eigenvalue weighted by molar-refractivity contribution is 5.98. The molecule has 1 saturated heterocycles. The number of H-pyrrole nitrogens is 1. The Morgan fingerprint density at radius 3 is 2.34 bits per heavy atom. The Morgan fingerprint density at radius 1 is 1.04 bits per heavy atom. The number of carbonyl (C=O) groups is 4. The molecule has 4 N–H and O–H groups in total. The van der Waals surface area contributed by atoms with Gasteiger partial charge in [0.05, 0.1) is 25.6 Å². The molecule has 0 bridgehead atoms. The van der Waals surface area contributed by atoms with Gasteiger partial charge in [0, 0.05) is 37.3 Å². The summed E-state index contributed by atoms with van der Waals surface area (Å²) in [6.45, 7) is 8.80. The van der Waals surface area contributed by atoms with Gasteiger partial charge in [-0.3, -0.25) is 19.2 Å². The van der Waals surface area contributed by atoms with E-state index in [0.717, 1.165) is 31.2 Å². The Balaban J connectivity index is 1.42. The normalized spacial score (nSPS) is 18.8. The lowest BCUT2D eigenvalue weighted by molar-refractivity contribution is -0.154. The zero-order valence-electron chi connectivity index (χ0n) is 30.0. The first-order chi connectivity index (χ1) is 24.1. The number of nitrogens with one attached hydrogen (secondary N) is 3. The number of aliphatic hydroxyl groups excluding tert-OH is 1. The van der Waals surface area contributed by atoms with E-state index in [4.69, 9.17) is 4.74 Å². The molecule has 4 rings (SSSR count). The van der Waals surface area contributed by atoms with Crippen LogP contribution in [0.2, 0.25) is 0 Å². The minimum atomic E-state index is -0.963. The van der Waals surface area contributed by atoms with E-state index in [1.165, 1.54) is 19.9 Å². The van der Waals surface area contributed by atoms with E-state index in [0.29, 0.717) is 56.3 Å². The fraction of sp³-hybridized carbons (Fsp3) is 0.615. The predicted octanol–water partition coefficient (Wildman–Crippen LogP) is 4.37. The number of aliphatic hydroxyl groups is 1. The van der Waals surface area contributed by atoms with Gasteiger partial charge in [-0.05, 0) is 55.4 Å². The first-order valence-electron chi connectivity index (χ1n) is 18.4. The van der Waals surface area contributed by atoms with Crippen molar-refractivity contribution in [2.24, 2.45) is 29.6 Å². The summed E-state index contributed by atoms with van der Waals surface area (Å²) >= 11 is 0. The molecule has 11 heteroatoms. The van der Waals surface area contributed by atoms with Crippen LogP contribution in [0.1, 0.15) is 82.9 Å². The number of carbonyl (C=O) groups excluding carboxylic acids is 4. The van der Waals surface area contributed by atoms with Crippen molar-refractivity contribution in [3.05, 3.63) is 66.8 Å². The smallest absolute Gasteiger partial charge is 0.318 e. The largest absolute Gasteiger partial charge is 0.468 e. The summed E-state index contributed by atoms with van der Waals surface area (Å²) in [5.41, 5.74) is 1.56. The molecule has 11 nitrogen and oxygen atoms in total. The second-order valence-corrected chi connectivity index (χ2v) is 14.5. The third-order valence-corrected chi connectivity index (χ3v) is 10.6. The van der Waals surface area contributed by atoms with E-state index >= 15 is 0 Å². The monoisotopic (exact) mass is 691 g/mol. The first kappa shape index (κ1) is 38.8. The van der Waals surface area contributed by atoms with Gasteiger partial charge < -0.3 is 30.4 Å². The van der Waals surface area contributed by atoms with Crippen LogP contribution in [-0.4, -0.2) is 82.1 Å². The van der Waals surface area contributed by atoms with Crippen LogP contribution in [0.5, 0.6) is 0 Å². The predicted molar refractivity (Wildman–Crippen MR) is 191 cm³/mol. The van der Waals surface area contributed by atoms with Crippen molar-refractivity contribution >= 4 is 23.7 Å². The lowest BCUT2D eigenvalue weighted by Gasteiger charge is -2.34. The summed E-state index contributed by atoms with van der Waals surface area (Å²) in [5.74, 6) is -2.04. The summed E-state index contributed by atoms with van der Waals surface area (Å²) < 4.78 is 4.97. The van der Waals surface area contributed by atoms with E-state index in [1.54, 1.807) is 11.1 Å². The molecule has 1 unspecified atom stereocenters. The maximum absolute atomic E-state index is 14.0. The summed E-state index contributed by atoms with van der Waals surface area (Å²) in [4.78, 5) is 62.6. The Labute approximate surface area is 297 Å². The van der Waals surface area contributed by atoms with Gasteiger partial charge in [0.1, 0.15) is 12.0 Å². The molecule has 1 aliphatic carbocycles. The minimum absolute atomic E-state index is 0.107. The lowest BCUT2D eigenvalue weighted by atomic mass is 9.81. The van der Waals surface area contributed by atoms with Crippen LogP contribution in [0.4, 0.5) is 0 Å². The molecule has 1 aromatic heterocycles. The van der Waals surface area contributed by atoms with E-state index in [1.807, 2.05) is 36.4 Å². The summed E-state index contributed by atoms with van der Waals surface area (Å²) in [7, 11) is 1.28. The molecule has 2 fully saturated rings. The number of allylic oxidation sites excluding steroid dienone is 1. The Bertz CT molecular complexity index is 1370. The maximum Gasteiger partial charge on any atom is 0.318 e. The average molecular weight is 692 g/mol. The number of piperidine rings is 1. The van der Waals surface area contributed by atoms with Gasteiger partial charge >= 0.3 is 5.97 Å². The third kappa shape index (κ3) is 11.3. The number of methoxy groups -OCH3 is 1. The average Bonchev–Trinajstić information content (AvgIpc) is 3.65. The molecular weight excluding hydrogens is 634 g/mol. The van der Waals surface area contributed by atoms with Crippen molar-refractivity contribution in [2.75, 3.05) is 20.2 Å². The molecular formula is C39H57N5O6. The number of imidazole rings is 1. The zero-order valence-corrected chi connectivity index (χ0v) is 30.0. The highest BCUT2D eigenvalue weighted by Crippen LogP contribution is 2.30. The molecule has 1 saturated carbocycles. The number of benzene rings is 1. The fourth-order valence-corrected chi connectivity index (χ4v) is 7.42. The van der Waals surface area contributed by atoms with Crippen LogP contribution in [0.15, 0.2) is 55.5 Å². The lowest BCUT2D eigenvalue weighted by Crippen LogP contribution is -2.55. The fourth-order valence-electron chi connectivity index (χ4n) is 7.42. The van der Waals surface area contributed by atoms with E-state index < -0.39 is 36.0 Å². The molecule has 274 valence electrons. The number of aromatic nitrogens is 2. The van der Waals surface area contributed by atoms with Crippen molar-refractivity contribution in [1.82, 2.24) is 25.5 Å². The molecule has 0 radical (unpaired) electrons. The van der Waals surface area contributed by atoms with Gasteiger partial charge in [-0.2, -0.15) is 0 Å². The van der Waals surface area contributed by atoms with Crippen LogP contribution >= 0.6 is 0 Å². The number of esters is 1. The molecule has 0 spiro atoms. The number of hydrogen-bond acceptors (Lipinski definition) is 7. The van der Waals surface area contributed by atoms with E-state index in [2.05, 4.69) is 41.0 Å². The second kappa shape index (κ2) is 19.4. The van der Waals surface area contributed by atoms with Gasteiger partial charge in [-0.15, -0.1) is 6.58 Å². The van der Waals surface area contributed by atoms with Crippen molar-refractivity contribution in [3.63, 3.8) is 0 Å². The molecule has 2 aliphatic rings. The van der Waals surface area contributed by atoms with Crippen molar-refractivity contribution in [3.8, 4) is 0 Å². The van der Waals surface area contributed by atoms with Crippen molar-refractivity contribution in [1.29, 1.82) is 0 Å². The maximum atomic E-state index is 14.0. The Morgan fingerprint density at radius 2 is 1.74 bits per heavy atom. The number of hydrogen-bond donors (Lipinski definition) is 4. The van der Waals surface area contributed by atoms with Crippen molar-refractivity contribution < 1.29 is 29.0 Å². The van der Waals surface area contributed by atoms with Crippen LogP contribution in [0.3, 0.4) is 0 Å². The highest BCUT2D eigenvalue weighted by atomic mass is 16.5. The molecule has 1 aromatic carbocycles. The number of nitrogens with zero attached hydrogens (tertiary/aromatic N) is 2. The van der Waals surface area contributed by atoms with Gasteiger partial charge in [0.25, 0.3) is 0 Å². The molecule has 5 atom stereocenters. The summed E-state index contributed by atoms with van der Waals surface area (Å²) in [6.07, 6.45) is 12.4. The van der Waals surface area contributed by atoms with E-state index in [-0.39, 0.29) is 36.5 Å². The van der Waals surface area contributed by atoms with E-state index in [9.17, 15) is 24.3 Å². The number of amides is 3. The zero-order chi connectivity index (χ0) is 36.0. The van der Waals surface area contributed by atoms with Gasteiger partial charge in [-0.25, -0.2) is 4.98 Å². The Hall–Kier alpha value is -3.99. The minimum Gasteiger partial charge on any atom is -0.468 e. The SMILES string of the molecule is C=C[C@@H](C[C@H](O)[C@H](CC1CCCCC1)NC(=O)[C@H](Cc1cnc[nH]1)NC(=O)C1CCN(C(=O)C(Cc2ccccc2)C(=O)OC)CC1)C(C)C. The number of aromatic amines is 1. The topological polar surface area (TPSA) is 154 Å². The van der Waals surface area contributed by atoms with Crippen LogP contribution in [0.25, 0.3) is 0 Å². The molecule has 2 heterocycles. The van der Waals surface area contributed by atoms with Gasteiger partial charge in [0.15, 0.2) is 0 Å². The van der Waals surface area contributed by atoms with Gasteiger partial charge in [-0.1, -0.05) is 82.4 Å². The Kier molecular flexibility index (Phi) is 15.1. The molecule has 1 aliphatic heterocycles. The molecule has 2 aromatic rings. The van der Waals surface area contributed by atoms with Crippen LogP contribution in [-0.2, 0) is 36.8 Å². The summed E-state index contributed by atoms with van der Waals surface area (Å²) in [5, 5.41) is 17.6. The van der Waals surface area contributed by atoms with Crippen LogP contribution in [0, 0.1) is 29.6 Å². The first-order valence-corrected chi connectivity index (χ1v) is 18.4. The highest BCUT2D eigenvalue weighted by Gasteiger charge is 2.37.